The van der Waals surface area contributed by atoms with E-state index < -0.39 is 10.0 Å². The molecule has 0 atom stereocenters. The van der Waals surface area contributed by atoms with E-state index in [4.69, 9.17) is 0 Å². The molecule has 2 heterocycles. The van der Waals surface area contributed by atoms with Crippen LogP contribution in [-0.4, -0.2) is 18.2 Å². The minimum atomic E-state index is -3.57. The van der Waals surface area contributed by atoms with Gasteiger partial charge in [-0.25, -0.2) is 13.1 Å². The highest BCUT2D eigenvalue weighted by Gasteiger charge is 2.21. The smallest absolute Gasteiger partial charge is 0.263 e. The van der Waals surface area contributed by atoms with Crippen molar-refractivity contribution in [3.8, 4) is 0 Å². The summed E-state index contributed by atoms with van der Waals surface area (Å²) in [6.07, 6.45) is 1.57. The number of anilines is 1. The van der Waals surface area contributed by atoms with Crippen LogP contribution in [0.15, 0.2) is 32.4 Å². The zero-order valence-electron chi connectivity index (χ0n) is 9.79. The predicted molar refractivity (Wildman–Crippen MR) is 75.4 cm³/mol. The third-order valence-electron chi connectivity index (χ3n) is 2.23. The van der Waals surface area contributed by atoms with Crippen LogP contribution in [0.3, 0.4) is 0 Å². The highest BCUT2D eigenvalue weighted by molar-refractivity contribution is 9.10. The Kier molecular flexibility index (Phi) is 3.79. The fourth-order valence-electron chi connectivity index (χ4n) is 1.46. The van der Waals surface area contributed by atoms with Crippen molar-refractivity contribution < 1.29 is 8.42 Å². The van der Waals surface area contributed by atoms with E-state index in [0.717, 1.165) is 0 Å². The number of nitrogens with zero attached hydrogens (tertiary/aromatic N) is 2. The van der Waals surface area contributed by atoms with Crippen LogP contribution in [0.1, 0.15) is 19.9 Å². The molecule has 0 saturated heterocycles. The molecule has 18 heavy (non-hydrogen) atoms. The molecule has 2 aromatic rings. The second-order valence-electron chi connectivity index (χ2n) is 3.92. The van der Waals surface area contributed by atoms with E-state index in [0.29, 0.717) is 10.3 Å². The Bertz CT molecular complexity index is 646. The summed E-state index contributed by atoms with van der Waals surface area (Å²) >= 11 is 4.39. The first-order valence-corrected chi connectivity index (χ1v) is 8.36. The van der Waals surface area contributed by atoms with Crippen molar-refractivity contribution in [2.45, 2.75) is 24.1 Å². The van der Waals surface area contributed by atoms with Crippen molar-refractivity contribution >= 4 is 43.1 Å². The van der Waals surface area contributed by atoms with Crippen molar-refractivity contribution in [3.05, 3.63) is 28.2 Å². The van der Waals surface area contributed by atoms with Gasteiger partial charge in [0.2, 0.25) is 0 Å². The molecule has 0 unspecified atom stereocenters. The van der Waals surface area contributed by atoms with E-state index in [1.165, 1.54) is 11.3 Å². The third-order valence-corrected chi connectivity index (χ3v) is 6.25. The van der Waals surface area contributed by atoms with Crippen molar-refractivity contribution in [3.63, 3.8) is 0 Å². The van der Waals surface area contributed by atoms with E-state index in [2.05, 4.69) is 25.8 Å². The van der Waals surface area contributed by atoms with Crippen LogP contribution >= 0.6 is 27.3 Å². The van der Waals surface area contributed by atoms with Gasteiger partial charge >= 0.3 is 0 Å². The number of hydrogen-bond donors (Lipinski definition) is 1. The molecular formula is C10H12BrN3O2S2. The number of thiophene rings is 1. The molecule has 98 valence electrons. The number of rotatable bonds is 4. The van der Waals surface area contributed by atoms with Crippen LogP contribution in [-0.2, 0) is 10.0 Å². The molecule has 0 aromatic carbocycles. The third kappa shape index (κ3) is 2.60. The Balaban J connectivity index is 2.34. The molecule has 0 bridgehead atoms. The fourth-order valence-corrected chi connectivity index (χ4v) is 4.85. The molecule has 0 aliphatic carbocycles. The summed E-state index contributed by atoms with van der Waals surface area (Å²) in [5.74, 6) is 0.463. The number of sulfonamides is 1. The summed E-state index contributed by atoms with van der Waals surface area (Å²) in [4.78, 5) is 0. The number of aromatic nitrogens is 2. The molecule has 5 nitrogen and oxygen atoms in total. The first-order chi connectivity index (χ1) is 8.42. The van der Waals surface area contributed by atoms with Crippen molar-refractivity contribution in [2.24, 2.45) is 0 Å². The van der Waals surface area contributed by atoms with Gasteiger partial charge in [-0.2, -0.15) is 5.10 Å². The molecule has 0 saturated carbocycles. The summed E-state index contributed by atoms with van der Waals surface area (Å²) in [5.41, 5.74) is 0. The maximum absolute atomic E-state index is 12.2. The second-order valence-corrected chi connectivity index (χ2v) is 7.56. The predicted octanol–water partition coefficient (Wildman–Crippen LogP) is 3.09. The van der Waals surface area contributed by atoms with E-state index in [-0.39, 0.29) is 10.3 Å². The zero-order chi connectivity index (χ0) is 13.3. The Hall–Kier alpha value is -0.860. The van der Waals surface area contributed by atoms with E-state index in [9.17, 15) is 8.42 Å². The van der Waals surface area contributed by atoms with Gasteiger partial charge in [0, 0.05) is 16.6 Å². The van der Waals surface area contributed by atoms with Gasteiger partial charge in [-0.3, -0.25) is 4.72 Å². The normalized spacial score (nSPS) is 12.0. The number of hydrogen-bond acceptors (Lipinski definition) is 4. The van der Waals surface area contributed by atoms with Crippen molar-refractivity contribution in [1.29, 1.82) is 0 Å². The molecule has 2 rings (SSSR count). The van der Waals surface area contributed by atoms with Gasteiger partial charge in [-0.05, 0) is 41.2 Å². The first-order valence-electron chi connectivity index (χ1n) is 5.21. The van der Waals surface area contributed by atoms with Gasteiger partial charge in [0.1, 0.15) is 5.82 Å². The van der Waals surface area contributed by atoms with Crippen LogP contribution < -0.4 is 4.72 Å². The molecule has 1 N–H and O–H groups in total. The minimum absolute atomic E-state index is 0.0875. The number of halogens is 1. The average molecular weight is 350 g/mol. The monoisotopic (exact) mass is 349 g/mol. The van der Waals surface area contributed by atoms with E-state index in [1.54, 1.807) is 28.4 Å². The van der Waals surface area contributed by atoms with Crippen LogP contribution in [0.4, 0.5) is 5.82 Å². The highest BCUT2D eigenvalue weighted by Crippen LogP contribution is 2.29. The zero-order valence-corrected chi connectivity index (χ0v) is 13.0. The van der Waals surface area contributed by atoms with Gasteiger partial charge in [-0.1, -0.05) is 0 Å². The number of nitrogens with one attached hydrogen (secondary N) is 1. The van der Waals surface area contributed by atoms with Gasteiger partial charge in [0.15, 0.2) is 4.21 Å². The summed E-state index contributed by atoms with van der Waals surface area (Å²) in [6, 6.07) is 3.43. The molecular weight excluding hydrogens is 338 g/mol. The molecule has 0 radical (unpaired) electrons. The molecule has 8 heteroatoms. The lowest BCUT2D eigenvalue weighted by molar-refractivity contribution is 0.539. The van der Waals surface area contributed by atoms with Crippen LogP contribution in [0.2, 0.25) is 0 Å². The highest BCUT2D eigenvalue weighted by atomic mass is 79.9. The lowest BCUT2D eigenvalue weighted by Gasteiger charge is -2.12. The molecule has 0 spiro atoms. The van der Waals surface area contributed by atoms with Crippen LogP contribution in [0, 0.1) is 0 Å². The Morgan fingerprint density at radius 2 is 2.17 bits per heavy atom. The van der Waals surface area contributed by atoms with Crippen LogP contribution in [0.5, 0.6) is 0 Å². The molecule has 0 fully saturated rings. The SMILES string of the molecule is CC(C)n1nccc1NS(=O)(=O)c1sccc1Br. The standard InChI is InChI=1S/C10H12BrN3O2S2/c1-7(2)14-9(3-5-12-14)13-18(15,16)10-8(11)4-6-17-10/h3-7,13H,1-2H3. The Morgan fingerprint density at radius 1 is 1.44 bits per heavy atom. The molecule has 0 aliphatic rings. The molecule has 0 aliphatic heterocycles. The maximum atomic E-state index is 12.2. The summed E-state index contributed by atoms with van der Waals surface area (Å²) in [6.45, 7) is 3.87. The average Bonchev–Trinajstić information content (AvgIpc) is 2.86. The fraction of sp³-hybridized carbons (Fsp3) is 0.300. The quantitative estimate of drug-likeness (QED) is 0.922. The van der Waals surface area contributed by atoms with Gasteiger partial charge in [-0.15, -0.1) is 11.3 Å². The Labute approximate surface area is 118 Å². The lowest BCUT2D eigenvalue weighted by Crippen LogP contribution is -2.16. The van der Waals surface area contributed by atoms with Crippen LogP contribution in [0.25, 0.3) is 0 Å². The molecule has 0 amide bonds. The van der Waals surface area contributed by atoms with Crippen molar-refractivity contribution in [1.82, 2.24) is 9.78 Å². The largest absolute Gasteiger partial charge is 0.273 e. The minimum Gasteiger partial charge on any atom is -0.263 e. The molecule has 2 aromatic heterocycles. The van der Waals surface area contributed by atoms with Crippen molar-refractivity contribution in [2.75, 3.05) is 4.72 Å². The summed E-state index contributed by atoms with van der Waals surface area (Å²) in [5, 5.41) is 5.81. The lowest BCUT2D eigenvalue weighted by atomic mass is 10.4. The van der Waals surface area contributed by atoms with Gasteiger partial charge < -0.3 is 0 Å². The second kappa shape index (κ2) is 5.02. The topological polar surface area (TPSA) is 64.0 Å². The Morgan fingerprint density at radius 3 is 2.72 bits per heavy atom. The first kappa shape index (κ1) is 13.6. The van der Waals surface area contributed by atoms with Gasteiger partial charge in [0.05, 0.1) is 6.20 Å². The maximum Gasteiger partial charge on any atom is 0.273 e. The van der Waals surface area contributed by atoms with E-state index in [1.807, 2.05) is 13.8 Å². The van der Waals surface area contributed by atoms with E-state index >= 15 is 0 Å². The summed E-state index contributed by atoms with van der Waals surface area (Å²) < 4.78 is 29.4. The van der Waals surface area contributed by atoms with Gasteiger partial charge in [0.25, 0.3) is 10.0 Å². The summed E-state index contributed by atoms with van der Waals surface area (Å²) in [7, 11) is -3.57.